The Hall–Kier alpha value is 0.540. The Bertz CT molecular complexity index is 314. The Kier molecular flexibility index (Phi) is 7.90. The molecule has 1 rings (SSSR count). The predicted molar refractivity (Wildman–Crippen MR) is 80.8 cm³/mol. The van der Waals surface area contributed by atoms with Crippen molar-refractivity contribution in [2.45, 2.75) is 6.54 Å². The zero-order valence-corrected chi connectivity index (χ0v) is 14.1. The molecular weight excluding hydrogens is 368 g/mol. The van der Waals surface area contributed by atoms with Crippen LogP contribution >= 0.6 is 43.2 Å². The van der Waals surface area contributed by atoms with Crippen molar-refractivity contribution in [3.05, 3.63) is 19.2 Å². The van der Waals surface area contributed by atoms with Gasteiger partial charge in [0, 0.05) is 42.6 Å². The van der Waals surface area contributed by atoms with Crippen LogP contribution < -0.4 is 5.32 Å². The number of methoxy groups -OCH3 is 1. The second-order valence-corrected chi connectivity index (χ2v) is 7.12. The number of hydrogen-bond acceptors (Lipinski definition) is 4. The van der Waals surface area contributed by atoms with Crippen molar-refractivity contribution in [2.24, 2.45) is 0 Å². The summed E-state index contributed by atoms with van der Waals surface area (Å²) in [5.41, 5.74) is 0. The Balaban J connectivity index is 2.11. The van der Waals surface area contributed by atoms with Gasteiger partial charge in [-0.1, -0.05) is 0 Å². The molecule has 0 atom stereocenters. The van der Waals surface area contributed by atoms with E-state index in [-0.39, 0.29) is 0 Å². The van der Waals surface area contributed by atoms with E-state index in [2.05, 4.69) is 55.2 Å². The summed E-state index contributed by atoms with van der Waals surface area (Å²) in [5, 5.41) is 3.44. The molecule has 98 valence electrons. The van der Waals surface area contributed by atoms with E-state index in [1.165, 1.54) is 4.88 Å². The molecule has 1 heterocycles. The topological polar surface area (TPSA) is 24.5 Å². The van der Waals surface area contributed by atoms with Crippen LogP contribution in [0.2, 0.25) is 0 Å². The summed E-state index contributed by atoms with van der Waals surface area (Å²) < 4.78 is 7.33. The lowest BCUT2D eigenvalue weighted by molar-refractivity contribution is 0.161. The number of thiophene rings is 1. The maximum absolute atomic E-state index is 5.03. The first-order chi connectivity index (χ1) is 8.13. The molecule has 1 aromatic heterocycles. The first-order valence-electron chi connectivity index (χ1n) is 5.45. The van der Waals surface area contributed by atoms with Gasteiger partial charge in [-0.2, -0.15) is 0 Å². The number of nitrogens with zero attached hydrogens (tertiary/aromatic N) is 1. The Morgan fingerprint density at radius 3 is 2.76 bits per heavy atom. The summed E-state index contributed by atoms with van der Waals surface area (Å²) in [5.74, 6) is 0. The van der Waals surface area contributed by atoms with Crippen molar-refractivity contribution >= 4 is 43.2 Å². The molecule has 0 bridgehead atoms. The first kappa shape index (κ1) is 15.6. The SMILES string of the molecule is COCCN(C)CCNCc1cc(Br)c(Br)s1. The van der Waals surface area contributed by atoms with Crippen molar-refractivity contribution in [3.8, 4) is 0 Å². The van der Waals surface area contributed by atoms with Gasteiger partial charge in [-0.3, -0.25) is 0 Å². The first-order valence-corrected chi connectivity index (χ1v) is 7.85. The highest BCUT2D eigenvalue weighted by molar-refractivity contribution is 9.13. The fourth-order valence-electron chi connectivity index (χ4n) is 1.32. The van der Waals surface area contributed by atoms with Crippen molar-refractivity contribution in [3.63, 3.8) is 0 Å². The number of nitrogens with one attached hydrogen (secondary N) is 1. The summed E-state index contributed by atoms with van der Waals surface area (Å²) in [6, 6.07) is 2.15. The molecule has 0 unspecified atom stereocenters. The van der Waals surface area contributed by atoms with Gasteiger partial charge in [0.15, 0.2) is 0 Å². The molecular formula is C11H18Br2N2OS. The van der Waals surface area contributed by atoms with Crippen LogP contribution in [-0.4, -0.2) is 45.3 Å². The fourth-order valence-corrected chi connectivity index (χ4v) is 3.47. The van der Waals surface area contributed by atoms with Gasteiger partial charge in [0.05, 0.1) is 10.4 Å². The number of rotatable bonds is 8. The Morgan fingerprint density at radius 1 is 1.41 bits per heavy atom. The monoisotopic (exact) mass is 384 g/mol. The van der Waals surface area contributed by atoms with Gasteiger partial charge in [-0.05, 0) is 45.0 Å². The van der Waals surface area contributed by atoms with E-state index < -0.39 is 0 Å². The summed E-state index contributed by atoms with van der Waals surface area (Å²) in [6.45, 7) is 4.73. The largest absolute Gasteiger partial charge is 0.383 e. The molecule has 3 nitrogen and oxygen atoms in total. The average molecular weight is 386 g/mol. The van der Waals surface area contributed by atoms with E-state index in [4.69, 9.17) is 4.74 Å². The highest BCUT2D eigenvalue weighted by atomic mass is 79.9. The minimum Gasteiger partial charge on any atom is -0.383 e. The Morgan fingerprint density at radius 2 is 2.18 bits per heavy atom. The predicted octanol–water partition coefficient (Wildman–Crippen LogP) is 2.94. The summed E-state index contributed by atoms with van der Waals surface area (Å²) in [4.78, 5) is 3.60. The van der Waals surface area contributed by atoms with Crippen LogP contribution in [-0.2, 0) is 11.3 Å². The molecule has 0 aromatic carbocycles. The van der Waals surface area contributed by atoms with Crippen LogP contribution in [0.25, 0.3) is 0 Å². The van der Waals surface area contributed by atoms with Crippen molar-refractivity contribution in [2.75, 3.05) is 40.4 Å². The maximum atomic E-state index is 5.03. The molecule has 0 aliphatic heterocycles. The Labute approximate surface area is 124 Å². The molecule has 17 heavy (non-hydrogen) atoms. The molecule has 0 spiro atoms. The van der Waals surface area contributed by atoms with E-state index >= 15 is 0 Å². The maximum Gasteiger partial charge on any atom is 0.0843 e. The van der Waals surface area contributed by atoms with Gasteiger partial charge in [0.2, 0.25) is 0 Å². The van der Waals surface area contributed by atoms with Crippen molar-refractivity contribution in [1.29, 1.82) is 0 Å². The molecule has 0 aliphatic carbocycles. The van der Waals surface area contributed by atoms with E-state index in [0.29, 0.717) is 0 Å². The lowest BCUT2D eigenvalue weighted by atomic mass is 10.4. The molecule has 1 N–H and O–H groups in total. The zero-order valence-electron chi connectivity index (χ0n) is 10.1. The quantitative estimate of drug-likeness (QED) is 0.696. The molecule has 0 aliphatic rings. The minimum absolute atomic E-state index is 0.793. The smallest absolute Gasteiger partial charge is 0.0843 e. The molecule has 6 heteroatoms. The third-order valence-corrected chi connectivity index (χ3v) is 5.60. The third kappa shape index (κ3) is 6.31. The van der Waals surface area contributed by atoms with Gasteiger partial charge in [-0.25, -0.2) is 0 Å². The van der Waals surface area contributed by atoms with Crippen LogP contribution in [0, 0.1) is 0 Å². The normalized spacial score (nSPS) is 11.4. The number of ether oxygens (including phenoxy) is 1. The van der Waals surface area contributed by atoms with Gasteiger partial charge in [-0.15, -0.1) is 11.3 Å². The van der Waals surface area contributed by atoms with Crippen molar-refractivity contribution < 1.29 is 4.74 Å². The number of likely N-dealkylation sites (N-methyl/N-ethyl adjacent to an activating group) is 1. The van der Waals surface area contributed by atoms with Gasteiger partial charge < -0.3 is 15.0 Å². The summed E-state index contributed by atoms with van der Waals surface area (Å²) in [6.07, 6.45) is 0. The lowest BCUT2D eigenvalue weighted by Crippen LogP contribution is -2.31. The number of halogens is 2. The highest BCUT2D eigenvalue weighted by Crippen LogP contribution is 2.32. The molecule has 1 aromatic rings. The van der Waals surface area contributed by atoms with Crippen LogP contribution in [0.3, 0.4) is 0 Å². The standard InChI is InChI=1S/C11H18Br2N2OS/c1-15(5-6-16-2)4-3-14-8-9-7-10(12)11(13)17-9/h7,14H,3-6,8H2,1-2H3. The van der Waals surface area contributed by atoms with Crippen LogP contribution in [0.15, 0.2) is 14.3 Å². The molecule has 0 amide bonds. The summed E-state index contributed by atoms with van der Waals surface area (Å²) >= 11 is 8.75. The summed E-state index contributed by atoms with van der Waals surface area (Å²) in [7, 11) is 3.84. The molecule has 0 saturated carbocycles. The molecule has 0 fully saturated rings. The van der Waals surface area contributed by atoms with Crippen LogP contribution in [0.1, 0.15) is 4.88 Å². The van der Waals surface area contributed by atoms with Gasteiger partial charge >= 0.3 is 0 Å². The second kappa shape index (κ2) is 8.61. The third-order valence-electron chi connectivity index (χ3n) is 2.34. The zero-order chi connectivity index (χ0) is 12.7. The van der Waals surface area contributed by atoms with Crippen LogP contribution in [0.4, 0.5) is 0 Å². The highest BCUT2D eigenvalue weighted by Gasteiger charge is 2.03. The fraction of sp³-hybridized carbons (Fsp3) is 0.636. The molecule has 0 saturated heterocycles. The van der Waals surface area contributed by atoms with Crippen LogP contribution in [0.5, 0.6) is 0 Å². The van der Waals surface area contributed by atoms with E-state index in [1.54, 1.807) is 18.4 Å². The van der Waals surface area contributed by atoms with Gasteiger partial charge in [0.25, 0.3) is 0 Å². The van der Waals surface area contributed by atoms with Crippen molar-refractivity contribution in [1.82, 2.24) is 10.2 Å². The second-order valence-electron chi connectivity index (χ2n) is 3.81. The van der Waals surface area contributed by atoms with E-state index in [1.807, 2.05) is 0 Å². The van der Waals surface area contributed by atoms with E-state index in [0.717, 1.165) is 41.0 Å². The van der Waals surface area contributed by atoms with E-state index in [9.17, 15) is 0 Å². The molecule has 0 radical (unpaired) electrons. The number of hydrogen-bond donors (Lipinski definition) is 1. The van der Waals surface area contributed by atoms with Gasteiger partial charge in [0.1, 0.15) is 0 Å². The average Bonchev–Trinajstić information content (AvgIpc) is 2.61. The lowest BCUT2D eigenvalue weighted by Gasteiger charge is -2.15. The minimum atomic E-state index is 0.793.